The molecule has 2 heterocycles. The van der Waals surface area contributed by atoms with Gasteiger partial charge in [-0.15, -0.1) is 11.3 Å². The zero-order chi connectivity index (χ0) is 19.5. The third-order valence-electron chi connectivity index (χ3n) is 6.34. The summed E-state index contributed by atoms with van der Waals surface area (Å²) in [5.74, 6) is 0.736. The van der Waals surface area contributed by atoms with Crippen molar-refractivity contribution < 1.29 is 4.79 Å². The Kier molecular flexibility index (Phi) is 5.97. The van der Waals surface area contributed by atoms with Crippen LogP contribution in [0.15, 0.2) is 29.8 Å². The van der Waals surface area contributed by atoms with Gasteiger partial charge < -0.3 is 10.2 Å². The van der Waals surface area contributed by atoms with Crippen molar-refractivity contribution in [1.29, 1.82) is 0 Å². The number of thiazole rings is 1. The van der Waals surface area contributed by atoms with E-state index in [9.17, 15) is 4.79 Å². The highest BCUT2D eigenvalue weighted by Gasteiger charge is 2.31. The molecule has 1 saturated carbocycles. The number of carbonyl (C=O) groups is 1. The average Bonchev–Trinajstić information content (AvgIpc) is 3.21. The molecule has 28 heavy (non-hydrogen) atoms. The minimum atomic E-state index is -0.0129. The molecule has 0 bridgehead atoms. The van der Waals surface area contributed by atoms with Crippen LogP contribution in [-0.2, 0) is 0 Å². The number of piperazine rings is 1. The lowest BCUT2D eigenvalue weighted by Gasteiger charge is -2.40. The molecule has 2 fully saturated rings. The minimum absolute atomic E-state index is 0.0129. The molecule has 1 aliphatic heterocycles. The summed E-state index contributed by atoms with van der Waals surface area (Å²) in [6.45, 7) is 10.1. The predicted octanol–water partition coefficient (Wildman–Crippen LogP) is 3.48. The van der Waals surface area contributed by atoms with E-state index in [-0.39, 0.29) is 5.91 Å². The van der Waals surface area contributed by atoms with Gasteiger partial charge in [0.05, 0.1) is 0 Å². The molecule has 4 rings (SSSR count). The van der Waals surface area contributed by atoms with Crippen LogP contribution < -0.4 is 10.2 Å². The number of carbonyl (C=O) groups excluding carboxylic acids is 1. The van der Waals surface area contributed by atoms with Gasteiger partial charge in [0.2, 0.25) is 0 Å². The highest BCUT2D eigenvalue weighted by Crippen LogP contribution is 2.31. The van der Waals surface area contributed by atoms with E-state index in [0.717, 1.165) is 44.9 Å². The van der Waals surface area contributed by atoms with E-state index in [4.69, 9.17) is 0 Å². The molecule has 5 nitrogen and oxygen atoms in total. The lowest BCUT2D eigenvalue weighted by molar-refractivity contribution is 0.0877. The van der Waals surface area contributed by atoms with Crippen LogP contribution >= 0.6 is 11.3 Å². The monoisotopic (exact) mass is 398 g/mol. The number of nitrogens with one attached hydrogen (secondary N) is 1. The molecule has 1 N–H and O–H groups in total. The number of benzene rings is 1. The van der Waals surface area contributed by atoms with Crippen molar-refractivity contribution in [1.82, 2.24) is 15.2 Å². The third kappa shape index (κ3) is 4.39. The Morgan fingerprint density at radius 3 is 2.71 bits per heavy atom. The van der Waals surface area contributed by atoms with E-state index in [2.05, 4.69) is 52.1 Å². The Bertz CT molecular complexity index is 793. The van der Waals surface area contributed by atoms with Crippen LogP contribution in [0.4, 0.5) is 5.69 Å². The number of aryl methyl sites for hydroxylation is 1. The van der Waals surface area contributed by atoms with E-state index < -0.39 is 0 Å². The zero-order valence-corrected chi connectivity index (χ0v) is 17.7. The largest absolute Gasteiger partial charge is 0.369 e. The SMILES string of the molecule is Cc1cccc(N2CCN(CCC3CC(NC(=O)c4nccs4)C3)CC2)c1C. The molecule has 2 aromatic rings. The molecule has 6 heteroatoms. The number of hydrogen-bond donors (Lipinski definition) is 1. The molecule has 0 spiro atoms. The summed E-state index contributed by atoms with van der Waals surface area (Å²) in [4.78, 5) is 21.2. The topological polar surface area (TPSA) is 48.5 Å². The van der Waals surface area contributed by atoms with Gasteiger partial charge in [0.15, 0.2) is 5.01 Å². The second-order valence-electron chi connectivity index (χ2n) is 8.18. The van der Waals surface area contributed by atoms with E-state index in [1.807, 2.05) is 5.38 Å². The molecule has 0 radical (unpaired) electrons. The lowest BCUT2D eigenvalue weighted by Crippen LogP contribution is -2.48. The predicted molar refractivity (Wildman–Crippen MR) is 115 cm³/mol. The molecule has 1 amide bonds. The van der Waals surface area contributed by atoms with Gasteiger partial charge in [-0.25, -0.2) is 4.98 Å². The van der Waals surface area contributed by atoms with E-state index >= 15 is 0 Å². The molecular formula is C22H30N4OS. The summed E-state index contributed by atoms with van der Waals surface area (Å²) < 4.78 is 0. The van der Waals surface area contributed by atoms with Crippen LogP contribution in [0.1, 0.15) is 40.2 Å². The summed E-state index contributed by atoms with van der Waals surface area (Å²) in [6, 6.07) is 6.96. The number of hydrogen-bond acceptors (Lipinski definition) is 5. The number of amides is 1. The highest BCUT2D eigenvalue weighted by molar-refractivity contribution is 7.11. The van der Waals surface area contributed by atoms with Gasteiger partial charge in [-0.2, -0.15) is 0 Å². The smallest absolute Gasteiger partial charge is 0.280 e. The zero-order valence-electron chi connectivity index (χ0n) is 16.9. The van der Waals surface area contributed by atoms with Gasteiger partial charge >= 0.3 is 0 Å². The van der Waals surface area contributed by atoms with Crippen LogP contribution in [0, 0.1) is 19.8 Å². The molecule has 2 aliphatic rings. The Morgan fingerprint density at radius 2 is 2.00 bits per heavy atom. The highest BCUT2D eigenvalue weighted by atomic mass is 32.1. The Balaban J connectivity index is 1.15. The van der Waals surface area contributed by atoms with Crippen molar-refractivity contribution in [2.75, 3.05) is 37.6 Å². The second-order valence-corrected chi connectivity index (χ2v) is 9.08. The number of rotatable bonds is 6. The fourth-order valence-corrected chi connectivity index (χ4v) is 4.87. The first-order valence-corrected chi connectivity index (χ1v) is 11.2. The Hall–Kier alpha value is -1.92. The minimum Gasteiger partial charge on any atom is -0.369 e. The maximum atomic E-state index is 12.0. The van der Waals surface area contributed by atoms with Gasteiger partial charge in [0, 0.05) is 49.5 Å². The summed E-state index contributed by atoms with van der Waals surface area (Å²) in [6.07, 6.45) is 5.15. The molecule has 150 valence electrons. The van der Waals surface area contributed by atoms with Crippen LogP contribution in [0.5, 0.6) is 0 Å². The normalized spacial score (nSPS) is 22.7. The van der Waals surface area contributed by atoms with Crippen LogP contribution in [0.25, 0.3) is 0 Å². The summed E-state index contributed by atoms with van der Waals surface area (Å²) in [5.41, 5.74) is 4.19. The summed E-state index contributed by atoms with van der Waals surface area (Å²) in [5, 5.41) is 5.53. The third-order valence-corrected chi connectivity index (χ3v) is 7.11. The summed E-state index contributed by atoms with van der Waals surface area (Å²) >= 11 is 1.40. The number of nitrogens with zero attached hydrogens (tertiary/aromatic N) is 3. The maximum Gasteiger partial charge on any atom is 0.280 e. The van der Waals surface area contributed by atoms with Gasteiger partial charge in [0.25, 0.3) is 5.91 Å². The van der Waals surface area contributed by atoms with Gasteiger partial charge in [-0.3, -0.25) is 9.69 Å². The number of anilines is 1. The Morgan fingerprint density at radius 1 is 1.21 bits per heavy atom. The molecule has 1 aromatic carbocycles. The first-order valence-electron chi connectivity index (χ1n) is 10.3. The van der Waals surface area contributed by atoms with E-state index in [1.165, 1.54) is 41.1 Å². The fourth-order valence-electron chi connectivity index (χ4n) is 4.33. The van der Waals surface area contributed by atoms with Crippen molar-refractivity contribution in [3.63, 3.8) is 0 Å². The molecule has 0 atom stereocenters. The van der Waals surface area contributed by atoms with Crippen molar-refractivity contribution in [3.05, 3.63) is 45.9 Å². The van der Waals surface area contributed by atoms with Gasteiger partial charge in [-0.05, 0) is 62.8 Å². The maximum absolute atomic E-state index is 12.0. The van der Waals surface area contributed by atoms with Crippen molar-refractivity contribution >= 4 is 22.9 Å². The van der Waals surface area contributed by atoms with Crippen LogP contribution in [0.3, 0.4) is 0 Å². The van der Waals surface area contributed by atoms with E-state index in [1.54, 1.807) is 6.20 Å². The van der Waals surface area contributed by atoms with Crippen LogP contribution in [0.2, 0.25) is 0 Å². The molecular weight excluding hydrogens is 368 g/mol. The van der Waals surface area contributed by atoms with E-state index in [0.29, 0.717) is 11.0 Å². The Labute approximate surface area is 171 Å². The molecule has 0 unspecified atom stereocenters. The first-order chi connectivity index (χ1) is 13.6. The van der Waals surface area contributed by atoms with Crippen molar-refractivity contribution in [2.45, 2.75) is 39.2 Å². The first kappa shape index (κ1) is 19.4. The van der Waals surface area contributed by atoms with Gasteiger partial charge in [0.1, 0.15) is 0 Å². The van der Waals surface area contributed by atoms with Crippen molar-refractivity contribution in [2.24, 2.45) is 5.92 Å². The fraction of sp³-hybridized carbons (Fsp3) is 0.545. The van der Waals surface area contributed by atoms with Crippen LogP contribution in [-0.4, -0.2) is 54.6 Å². The second kappa shape index (κ2) is 8.62. The molecule has 1 aromatic heterocycles. The molecule has 1 saturated heterocycles. The average molecular weight is 399 g/mol. The standard InChI is InChI=1S/C22H30N4OS/c1-16-4-3-5-20(17(16)2)26-11-9-25(10-12-26)8-6-18-14-19(15-18)24-21(27)22-23-7-13-28-22/h3-5,7,13,18-19H,6,8-12,14-15H2,1-2H3,(H,24,27). The number of aromatic nitrogens is 1. The summed E-state index contributed by atoms with van der Waals surface area (Å²) in [7, 11) is 0. The van der Waals surface area contributed by atoms with Crippen molar-refractivity contribution in [3.8, 4) is 0 Å². The lowest BCUT2D eigenvalue weighted by atomic mass is 9.78. The van der Waals surface area contributed by atoms with Gasteiger partial charge in [-0.1, -0.05) is 12.1 Å². The molecule has 1 aliphatic carbocycles. The quantitative estimate of drug-likeness (QED) is 0.809.